The van der Waals surface area contributed by atoms with Crippen LogP contribution >= 0.6 is 23.5 Å². The molecular formula is C10H14N5Na3O13P3. The average Bonchev–Trinajstić information content (AvgIpc) is 3.04. The van der Waals surface area contributed by atoms with Crippen LogP contribution in [0.25, 0.3) is 11.2 Å². The number of aldehydes is 2. The molecule has 0 spiro atoms. The van der Waals surface area contributed by atoms with E-state index in [9.17, 15) is 28.2 Å². The van der Waals surface area contributed by atoms with Crippen LogP contribution in [0, 0.1) is 0 Å². The summed E-state index contributed by atoms with van der Waals surface area (Å²) in [4.78, 5) is 69.4. The Hall–Kier alpha value is 1.06. The number of aromatic nitrogens is 4. The van der Waals surface area contributed by atoms with E-state index in [1.165, 1.54) is 0 Å². The summed E-state index contributed by atoms with van der Waals surface area (Å²) < 4.78 is 51.0. The first-order chi connectivity index (χ1) is 14.3. The van der Waals surface area contributed by atoms with Crippen molar-refractivity contribution in [3.8, 4) is 0 Å². The van der Waals surface area contributed by atoms with Crippen LogP contribution in [0.3, 0.4) is 0 Å². The summed E-state index contributed by atoms with van der Waals surface area (Å²) in [5.74, 6) is -0.00649. The number of ether oxygens (including phenoxy) is 1. The molecule has 2 unspecified atom stereocenters. The number of fused-ring (bicyclic) bond motifs is 1. The number of hydrogen-bond acceptors (Lipinski definition) is 13. The Bertz CT molecular complexity index is 1120. The summed E-state index contributed by atoms with van der Waals surface area (Å²) in [5.41, 5.74) is 5.79. The standard InChI is InChI=1S/C10H14N5O13P3.3Na/c11-9-8-10(13-4-12-9)15(5-14-8)7(2-17)26-6(1-16)3-25-30(21,22)28-31(23,24)27-29(18,19)20;;;/h1-2,4-7H,3H2,(H,21,22)(H,23,24)(H2,11,12,13)(H2,18,19,20);;;/t6-,7+;;;/m0.../s1. The van der Waals surface area contributed by atoms with Crippen molar-refractivity contribution in [1.29, 1.82) is 0 Å². The number of phosphoric acid groups is 3. The summed E-state index contributed by atoms with van der Waals surface area (Å²) in [5, 5.41) is 0. The second-order valence-electron chi connectivity index (χ2n) is 5.31. The molecule has 0 saturated carbocycles. The van der Waals surface area contributed by atoms with Crippen molar-refractivity contribution in [1.82, 2.24) is 19.5 Å². The molecule has 2 rings (SSSR count). The minimum Gasteiger partial charge on any atom is -0.382 e. The van der Waals surface area contributed by atoms with Crippen molar-refractivity contribution in [2.24, 2.45) is 0 Å². The maximum absolute atomic E-state index is 11.7. The van der Waals surface area contributed by atoms with Crippen LogP contribution in [-0.4, -0.2) is 153 Å². The van der Waals surface area contributed by atoms with Crippen LogP contribution in [0.4, 0.5) is 5.82 Å². The number of nitrogens with zero attached hydrogens (tertiary/aromatic N) is 4. The summed E-state index contributed by atoms with van der Waals surface area (Å²) in [6, 6.07) is 0. The Morgan fingerprint density at radius 2 is 1.59 bits per heavy atom. The Morgan fingerprint density at radius 3 is 2.12 bits per heavy atom. The van der Waals surface area contributed by atoms with E-state index in [1.807, 2.05) is 0 Å². The number of imidazole rings is 1. The molecule has 34 heavy (non-hydrogen) atoms. The van der Waals surface area contributed by atoms with Crippen LogP contribution in [-0.2, 0) is 41.2 Å². The van der Waals surface area contributed by atoms with Gasteiger partial charge in [-0.1, -0.05) is 0 Å². The van der Waals surface area contributed by atoms with Gasteiger partial charge in [0.05, 0.1) is 12.9 Å². The molecule has 2 aromatic rings. The summed E-state index contributed by atoms with van der Waals surface area (Å²) in [6.07, 6.45) is -0.802. The van der Waals surface area contributed by atoms with Crippen LogP contribution in [0.2, 0.25) is 0 Å². The number of nitrogens with two attached hydrogens (primary N) is 1. The van der Waals surface area contributed by atoms with Gasteiger partial charge in [-0.25, -0.2) is 28.6 Å². The number of anilines is 1. The average molecular weight is 574 g/mol. The third-order valence-electron chi connectivity index (χ3n) is 3.06. The van der Waals surface area contributed by atoms with Crippen LogP contribution in [0.5, 0.6) is 0 Å². The quantitative estimate of drug-likeness (QED) is 0.103. The van der Waals surface area contributed by atoms with Gasteiger partial charge < -0.3 is 34.8 Å². The van der Waals surface area contributed by atoms with Crippen molar-refractivity contribution in [3.05, 3.63) is 12.7 Å². The Morgan fingerprint density at radius 1 is 0.971 bits per heavy atom. The number of carbonyl (C=O) groups excluding carboxylic acids is 2. The molecule has 3 radical (unpaired) electrons. The smallest absolute Gasteiger partial charge is 0.382 e. The predicted molar refractivity (Wildman–Crippen MR) is 113 cm³/mol. The molecule has 0 bridgehead atoms. The van der Waals surface area contributed by atoms with Gasteiger partial charge >= 0.3 is 23.5 Å². The van der Waals surface area contributed by atoms with Gasteiger partial charge in [-0.2, -0.15) is 8.62 Å². The fourth-order valence-corrected chi connectivity index (χ4v) is 5.01. The Balaban J connectivity index is 0. The van der Waals surface area contributed by atoms with Crippen LogP contribution < -0.4 is 5.73 Å². The minimum atomic E-state index is -5.73. The van der Waals surface area contributed by atoms with Crippen molar-refractivity contribution in [2.45, 2.75) is 12.3 Å². The molecule has 175 valence electrons. The predicted octanol–water partition coefficient (Wildman–Crippen LogP) is -2.11. The van der Waals surface area contributed by atoms with Gasteiger partial charge in [0.1, 0.15) is 17.9 Å². The number of phosphoric ester groups is 1. The van der Waals surface area contributed by atoms with E-state index >= 15 is 0 Å². The monoisotopic (exact) mass is 574 g/mol. The summed E-state index contributed by atoms with van der Waals surface area (Å²) in [7, 11) is -16.8. The van der Waals surface area contributed by atoms with E-state index < -0.39 is 42.4 Å². The number of nitrogen functional groups attached to an aromatic ring is 1. The maximum atomic E-state index is 11.7. The van der Waals surface area contributed by atoms with E-state index in [4.69, 9.17) is 25.2 Å². The van der Waals surface area contributed by atoms with E-state index in [-0.39, 0.29) is 118 Å². The summed E-state index contributed by atoms with van der Waals surface area (Å²) in [6.45, 7) is -1.10. The second-order valence-corrected chi connectivity index (χ2v) is 9.73. The molecule has 0 aliphatic rings. The molecule has 24 heteroatoms. The molecule has 2 aromatic heterocycles. The fourth-order valence-electron chi connectivity index (χ4n) is 1.98. The first kappa shape index (κ1) is 37.2. The number of rotatable bonds is 12. The second kappa shape index (κ2) is 15.5. The zero-order chi connectivity index (χ0) is 23.4. The molecule has 0 amide bonds. The maximum Gasteiger partial charge on any atom is 0.490 e. The summed E-state index contributed by atoms with van der Waals surface area (Å²) >= 11 is 0. The van der Waals surface area contributed by atoms with Gasteiger partial charge in [-0.05, 0) is 0 Å². The van der Waals surface area contributed by atoms with Gasteiger partial charge in [-0.3, -0.25) is 13.9 Å². The number of carbonyl (C=O) groups is 2. The fraction of sp³-hybridized carbons (Fsp3) is 0.300. The SMILES string of the molecule is Nc1ncnc2c1ncn2[C@@H](C=O)O[C@@H](C=O)COP(=O)(O)OP(=O)(O)OP(=O)(O)O.[Na].[Na].[Na]. The Kier molecular flexibility index (Phi) is 16.9. The van der Waals surface area contributed by atoms with Crippen LogP contribution in [0.1, 0.15) is 6.23 Å². The van der Waals surface area contributed by atoms with Gasteiger partial charge in [0.15, 0.2) is 30.3 Å². The zero-order valence-corrected chi connectivity index (χ0v) is 26.5. The van der Waals surface area contributed by atoms with Crippen LogP contribution in [0.15, 0.2) is 12.7 Å². The van der Waals surface area contributed by atoms with Crippen molar-refractivity contribution < 1.29 is 60.7 Å². The first-order valence-corrected chi connectivity index (χ1v) is 12.1. The minimum absolute atomic E-state index is 0. The van der Waals surface area contributed by atoms with Gasteiger partial charge in [0.25, 0.3) is 0 Å². The molecular weight excluding hydrogens is 560 g/mol. The van der Waals surface area contributed by atoms with Gasteiger partial charge in [0, 0.05) is 88.7 Å². The van der Waals surface area contributed by atoms with E-state index in [0.29, 0.717) is 0 Å². The molecule has 0 aromatic carbocycles. The molecule has 0 aliphatic heterocycles. The molecule has 0 saturated heterocycles. The molecule has 0 aliphatic carbocycles. The first-order valence-electron chi connectivity index (χ1n) is 7.54. The van der Waals surface area contributed by atoms with E-state index in [0.717, 1.165) is 17.2 Å². The molecule has 18 nitrogen and oxygen atoms in total. The number of hydrogen-bond donors (Lipinski definition) is 5. The molecule has 4 atom stereocenters. The largest absolute Gasteiger partial charge is 0.490 e. The van der Waals surface area contributed by atoms with Gasteiger partial charge in [0.2, 0.25) is 0 Å². The Labute approximate surface area is 256 Å². The topological polar surface area (TPSA) is 273 Å². The molecule has 6 N–H and O–H groups in total. The van der Waals surface area contributed by atoms with Crippen molar-refractivity contribution in [2.75, 3.05) is 12.3 Å². The normalized spacial score (nSPS) is 16.5. The van der Waals surface area contributed by atoms with Crippen molar-refractivity contribution >= 4 is 142 Å². The van der Waals surface area contributed by atoms with Gasteiger partial charge in [-0.15, -0.1) is 0 Å². The third-order valence-corrected chi connectivity index (χ3v) is 6.86. The molecule has 0 fully saturated rings. The third kappa shape index (κ3) is 11.6. The van der Waals surface area contributed by atoms with Crippen molar-refractivity contribution in [3.63, 3.8) is 0 Å². The van der Waals surface area contributed by atoms with E-state index in [1.54, 1.807) is 0 Å². The molecule has 2 heterocycles. The zero-order valence-electron chi connectivity index (χ0n) is 17.8. The van der Waals surface area contributed by atoms with E-state index in [2.05, 4.69) is 28.1 Å².